The van der Waals surface area contributed by atoms with Crippen LogP contribution in [-0.4, -0.2) is 39.4 Å². The molecule has 0 radical (unpaired) electrons. The minimum absolute atomic E-state index is 0.244. The van der Waals surface area contributed by atoms with Crippen molar-refractivity contribution in [2.75, 3.05) is 19.8 Å². The number of carbonyl (C=O) groups is 1. The molecule has 5 heteroatoms. The van der Waals surface area contributed by atoms with Crippen LogP contribution in [-0.2, 0) is 19.0 Å². The Labute approximate surface area is 92.5 Å². The van der Waals surface area contributed by atoms with Crippen LogP contribution in [0.5, 0.6) is 0 Å². The Hall–Kier alpha value is -0.545. The lowest BCUT2D eigenvalue weighted by Crippen LogP contribution is -2.33. The minimum Gasteiger partial charge on any atom is -0.466 e. The van der Waals surface area contributed by atoms with Crippen molar-refractivity contribution < 1.29 is 19.0 Å². The van der Waals surface area contributed by atoms with Gasteiger partial charge in [0.2, 0.25) is 0 Å². The highest BCUT2D eigenvalue weighted by Gasteiger charge is 2.29. The van der Waals surface area contributed by atoms with Crippen molar-refractivity contribution in [1.29, 1.82) is 0 Å². The first-order valence-corrected chi connectivity index (χ1v) is 5.60. The molecule has 4 nitrogen and oxygen atoms in total. The molecule has 1 unspecified atom stereocenters. The van der Waals surface area contributed by atoms with E-state index >= 15 is 0 Å². The van der Waals surface area contributed by atoms with Gasteiger partial charge in [-0.3, -0.25) is 4.79 Å². The van der Waals surface area contributed by atoms with E-state index in [1.165, 1.54) is 0 Å². The Morgan fingerprint density at radius 2 is 1.67 bits per heavy atom. The summed E-state index contributed by atoms with van der Waals surface area (Å²) >= 11 is 0. The Bertz CT molecular complexity index is 169. The SMILES string of the molecule is CBC(C(=O)OCC)C(OCC)OCC. The van der Waals surface area contributed by atoms with Crippen molar-refractivity contribution in [2.24, 2.45) is 0 Å². The zero-order valence-electron chi connectivity index (χ0n) is 10.1. The molecule has 0 aromatic carbocycles. The van der Waals surface area contributed by atoms with Crippen LogP contribution in [0.15, 0.2) is 0 Å². The van der Waals surface area contributed by atoms with Gasteiger partial charge in [-0.05, 0) is 20.8 Å². The molecule has 0 N–H and O–H groups in total. The van der Waals surface area contributed by atoms with Crippen LogP contribution < -0.4 is 0 Å². The molecule has 0 rings (SSSR count). The lowest BCUT2D eigenvalue weighted by atomic mass is 9.66. The highest BCUT2D eigenvalue weighted by molar-refractivity contribution is 6.42. The first-order valence-electron chi connectivity index (χ1n) is 5.60. The maximum atomic E-state index is 11.6. The summed E-state index contributed by atoms with van der Waals surface area (Å²) in [5.41, 5.74) is 0. The molecule has 0 aliphatic rings. The van der Waals surface area contributed by atoms with Gasteiger partial charge in [-0.25, -0.2) is 0 Å². The smallest absolute Gasteiger partial charge is 0.306 e. The monoisotopic (exact) mass is 216 g/mol. The molecule has 0 amide bonds. The van der Waals surface area contributed by atoms with E-state index in [-0.39, 0.29) is 11.8 Å². The number of hydrogen-bond acceptors (Lipinski definition) is 4. The molecule has 0 fully saturated rings. The van der Waals surface area contributed by atoms with Gasteiger partial charge >= 0.3 is 5.97 Å². The van der Waals surface area contributed by atoms with Crippen LogP contribution in [0.3, 0.4) is 0 Å². The van der Waals surface area contributed by atoms with Crippen LogP contribution in [0.2, 0.25) is 12.6 Å². The quantitative estimate of drug-likeness (QED) is 0.347. The third-order valence-corrected chi connectivity index (χ3v) is 2.02. The Morgan fingerprint density at radius 3 is 2.00 bits per heavy atom. The topological polar surface area (TPSA) is 44.8 Å². The summed E-state index contributed by atoms with van der Waals surface area (Å²) in [7, 11) is 0.656. The highest BCUT2D eigenvalue weighted by Crippen LogP contribution is 2.17. The molecule has 1 atom stereocenters. The number of rotatable bonds is 8. The van der Waals surface area contributed by atoms with Gasteiger partial charge in [0.05, 0.1) is 12.4 Å². The van der Waals surface area contributed by atoms with E-state index < -0.39 is 6.29 Å². The second-order valence-electron chi connectivity index (χ2n) is 3.05. The highest BCUT2D eigenvalue weighted by atomic mass is 16.7. The van der Waals surface area contributed by atoms with E-state index in [0.717, 1.165) is 0 Å². The van der Waals surface area contributed by atoms with Gasteiger partial charge in [-0.2, -0.15) is 0 Å². The van der Waals surface area contributed by atoms with Crippen molar-refractivity contribution in [3.05, 3.63) is 0 Å². The molecule has 0 aromatic rings. The maximum Gasteiger partial charge on any atom is 0.306 e. The van der Waals surface area contributed by atoms with E-state index in [0.29, 0.717) is 27.1 Å². The van der Waals surface area contributed by atoms with Crippen molar-refractivity contribution in [3.8, 4) is 0 Å². The standard InChI is InChI=1S/C10H21BO4/c1-5-13-9(12)8(11-4)10(14-6-2)15-7-3/h8,10-11H,5-7H2,1-4H3. The van der Waals surface area contributed by atoms with Gasteiger partial charge in [0.1, 0.15) is 7.28 Å². The van der Waals surface area contributed by atoms with E-state index in [1.54, 1.807) is 6.92 Å². The summed E-state index contributed by atoms with van der Waals surface area (Å²) in [6, 6.07) is 0. The summed E-state index contributed by atoms with van der Waals surface area (Å²) in [5, 5.41) is 0. The van der Waals surface area contributed by atoms with Gasteiger partial charge in [-0.1, -0.05) is 6.82 Å². The molecule has 0 saturated carbocycles. The minimum atomic E-state index is -0.482. The molecule has 0 heterocycles. The third-order valence-electron chi connectivity index (χ3n) is 2.02. The summed E-state index contributed by atoms with van der Waals surface area (Å²) in [4.78, 5) is 11.6. The average Bonchev–Trinajstić information content (AvgIpc) is 2.20. The Balaban J connectivity index is 4.35. The van der Waals surface area contributed by atoms with Gasteiger partial charge < -0.3 is 14.2 Å². The van der Waals surface area contributed by atoms with Crippen molar-refractivity contribution >= 4 is 13.2 Å². The normalized spacial score (nSPS) is 12.6. The van der Waals surface area contributed by atoms with Gasteiger partial charge in [0, 0.05) is 13.2 Å². The average molecular weight is 216 g/mol. The van der Waals surface area contributed by atoms with E-state index in [2.05, 4.69) is 0 Å². The molecule has 0 spiro atoms. The summed E-state index contributed by atoms with van der Waals surface area (Å²) < 4.78 is 15.7. The second-order valence-corrected chi connectivity index (χ2v) is 3.05. The Kier molecular flexibility index (Phi) is 8.42. The first-order chi connectivity index (χ1) is 7.21. The number of hydrogen-bond donors (Lipinski definition) is 0. The van der Waals surface area contributed by atoms with E-state index in [9.17, 15) is 4.79 Å². The molecule has 0 aliphatic heterocycles. The van der Waals surface area contributed by atoms with Gasteiger partial charge in [0.25, 0.3) is 0 Å². The molecule has 0 saturated heterocycles. The fraction of sp³-hybridized carbons (Fsp3) is 0.900. The van der Waals surface area contributed by atoms with E-state index in [1.807, 2.05) is 20.7 Å². The Morgan fingerprint density at radius 1 is 1.13 bits per heavy atom. The second kappa shape index (κ2) is 8.74. The number of ether oxygens (including phenoxy) is 3. The molecule has 0 bridgehead atoms. The molecular formula is C10H21BO4. The van der Waals surface area contributed by atoms with Crippen LogP contribution in [0, 0.1) is 0 Å². The van der Waals surface area contributed by atoms with Crippen LogP contribution in [0.1, 0.15) is 20.8 Å². The molecule has 0 aromatic heterocycles. The van der Waals surface area contributed by atoms with Crippen molar-refractivity contribution in [3.63, 3.8) is 0 Å². The zero-order valence-corrected chi connectivity index (χ0v) is 10.1. The molecule has 88 valence electrons. The fourth-order valence-electron chi connectivity index (χ4n) is 1.33. The first kappa shape index (κ1) is 14.5. The molecular weight excluding hydrogens is 195 g/mol. The molecule has 0 aliphatic carbocycles. The summed E-state index contributed by atoms with van der Waals surface area (Å²) in [6.07, 6.45) is -0.482. The number of esters is 1. The largest absolute Gasteiger partial charge is 0.466 e. The summed E-state index contributed by atoms with van der Waals surface area (Å²) in [6.45, 7) is 8.92. The fourth-order valence-corrected chi connectivity index (χ4v) is 1.33. The molecule has 15 heavy (non-hydrogen) atoms. The van der Waals surface area contributed by atoms with Crippen LogP contribution in [0.25, 0.3) is 0 Å². The van der Waals surface area contributed by atoms with E-state index in [4.69, 9.17) is 14.2 Å². The lowest BCUT2D eigenvalue weighted by Gasteiger charge is -2.23. The zero-order chi connectivity index (χ0) is 11.7. The summed E-state index contributed by atoms with van der Waals surface area (Å²) in [5.74, 6) is -0.572. The third kappa shape index (κ3) is 5.18. The predicted molar refractivity (Wildman–Crippen MR) is 60.4 cm³/mol. The van der Waals surface area contributed by atoms with Crippen molar-refractivity contribution in [2.45, 2.75) is 39.7 Å². The van der Waals surface area contributed by atoms with Crippen molar-refractivity contribution in [1.82, 2.24) is 0 Å². The predicted octanol–water partition coefficient (Wildman–Crippen LogP) is 1.22. The maximum absolute atomic E-state index is 11.6. The van der Waals surface area contributed by atoms with Gasteiger partial charge in [0.15, 0.2) is 6.29 Å². The number of carbonyl (C=O) groups excluding carboxylic acids is 1. The lowest BCUT2D eigenvalue weighted by molar-refractivity contribution is -0.167. The van der Waals surface area contributed by atoms with Crippen LogP contribution >= 0.6 is 0 Å². The van der Waals surface area contributed by atoms with Crippen LogP contribution in [0.4, 0.5) is 0 Å². The van der Waals surface area contributed by atoms with Gasteiger partial charge in [-0.15, -0.1) is 0 Å².